The van der Waals surface area contributed by atoms with Crippen molar-refractivity contribution in [3.8, 4) is 0 Å². The second-order valence-corrected chi connectivity index (χ2v) is 4.88. The van der Waals surface area contributed by atoms with Gasteiger partial charge in [0.05, 0.1) is 15.5 Å². The van der Waals surface area contributed by atoms with Gasteiger partial charge in [-0.1, -0.05) is 11.6 Å². The number of nitrogens with zero attached hydrogens (tertiary/aromatic N) is 3. The molecule has 0 spiro atoms. The summed E-state index contributed by atoms with van der Waals surface area (Å²) in [6.07, 6.45) is 0. The van der Waals surface area contributed by atoms with Crippen LogP contribution in [0.1, 0.15) is 21.7 Å². The number of amides is 1. The highest BCUT2D eigenvalue weighted by Gasteiger charge is 2.15. The number of hydrogen-bond acceptors (Lipinski definition) is 6. The molecule has 1 heterocycles. The molecule has 1 aromatic heterocycles. The van der Waals surface area contributed by atoms with Crippen LogP contribution in [-0.2, 0) is 0 Å². The molecule has 0 atom stereocenters. The Bertz CT molecular complexity index is 730. The molecule has 0 unspecified atom stereocenters. The number of carbonyl (C=O) groups is 1. The number of carbonyl (C=O) groups excluding carboxylic acids is 1. The number of hydrogen-bond donors (Lipinski definition) is 2. The molecule has 2 aromatic rings. The molecule has 22 heavy (non-hydrogen) atoms. The lowest BCUT2D eigenvalue weighted by molar-refractivity contribution is -0.384. The third-order valence-corrected chi connectivity index (χ3v) is 2.99. The molecular formula is C13H12ClN5O3. The lowest BCUT2D eigenvalue weighted by atomic mass is 10.2. The average molecular weight is 322 g/mol. The van der Waals surface area contributed by atoms with Gasteiger partial charge in [-0.25, -0.2) is 9.97 Å². The molecule has 0 fully saturated rings. The molecule has 0 radical (unpaired) electrons. The largest absolute Gasteiger partial charge is 0.271 e. The maximum Gasteiger partial charge on any atom is 0.271 e. The Morgan fingerprint density at radius 2 is 1.86 bits per heavy atom. The van der Waals surface area contributed by atoms with Gasteiger partial charge in [-0.15, -0.1) is 0 Å². The molecule has 1 aromatic carbocycles. The number of nitro groups is 1. The fourth-order valence-corrected chi connectivity index (χ4v) is 2.02. The normalized spacial score (nSPS) is 10.1. The number of aryl methyl sites for hydroxylation is 2. The van der Waals surface area contributed by atoms with E-state index in [4.69, 9.17) is 11.6 Å². The van der Waals surface area contributed by atoms with Gasteiger partial charge in [0.1, 0.15) is 0 Å². The zero-order valence-corrected chi connectivity index (χ0v) is 12.5. The highest BCUT2D eigenvalue weighted by molar-refractivity contribution is 6.34. The first kappa shape index (κ1) is 15.6. The number of hydrazine groups is 1. The fourth-order valence-electron chi connectivity index (χ4n) is 1.76. The highest BCUT2D eigenvalue weighted by atomic mass is 35.5. The van der Waals surface area contributed by atoms with Crippen LogP contribution in [0.3, 0.4) is 0 Å². The molecule has 0 saturated carbocycles. The summed E-state index contributed by atoms with van der Waals surface area (Å²) >= 11 is 5.88. The monoisotopic (exact) mass is 321 g/mol. The zero-order chi connectivity index (χ0) is 16.3. The van der Waals surface area contributed by atoms with E-state index in [0.29, 0.717) is 0 Å². The van der Waals surface area contributed by atoms with E-state index in [1.54, 1.807) is 19.9 Å². The van der Waals surface area contributed by atoms with Gasteiger partial charge < -0.3 is 0 Å². The molecule has 2 N–H and O–H groups in total. The van der Waals surface area contributed by atoms with E-state index in [-0.39, 0.29) is 22.2 Å². The molecule has 8 nitrogen and oxygen atoms in total. The Kier molecular flexibility index (Phi) is 4.52. The molecule has 0 saturated heterocycles. The van der Waals surface area contributed by atoms with Gasteiger partial charge in [0, 0.05) is 23.5 Å². The van der Waals surface area contributed by atoms with Gasteiger partial charge in [-0.05, 0) is 26.0 Å². The third-order valence-electron chi connectivity index (χ3n) is 2.68. The van der Waals surface area contributed by atoms with Crippen molar-refractivity contribution in [2.75, 3.05) is 5.43 Å². The van der Waals surface area contributed by atoms with E-state index in [1.165, 1.54) is 12.1 Å². The smallest absolute Gasteiger partial charge is 0.267 e. The molecule has 0 bridgehead atoms. The molecule has 2 rings (SSSR count). The summed E-state index contributed by atoms with van der Waals surface area (Å²) in [5.41, 5.74) is 6.37. The van der Waals surface area contributed by atoms with Gasteiger partial charge in [0.15, 0.2) is 0 Å². The minimum absolute atomic E-state index is 0.0187. The minimum atomic E-state index is -0.588. The number of halogens is 1. The van der Waals surface area contributed by atoms with Crippen molar-refractivity contribution in [3.63, 3.8) is 0 Å². The number of benzene rings is 1. The predicted octanol–water partition coefficient (Wildman–Crippen LogP) is 2.41. The Labute approximate surface area is 130 Å². The van der Waals surface area contributed by atoms with E-state index in [9.17, 15) is 14.9 Å². The average Bonchev–Trinajstić information content (AvgIpc) is 2.43. The molecule has 9 heteroatoms. The standard InChI is InChI=1S/C13H12ClN5O3/c1-7-5-8(2)16-13(15-7)18-17-12(20)10-4-3-9(19(21)22)6-11(10)14/h3-6H,1-2H3,(H,17,20)(H,15,16,18). The topological polar surface area (TPSA) is 110 Å². The first-order chi connectivity index (χ1) is 10.4. The van der Waals surface area contributed by atoms with Crippen LogP contribution in [0.4, 0.5) is 11.6 Å². The van der Waals surface area contributed by atoms with Crippen LogP contribution in [0, 0.1) is 24.0 Å². The van der Waals surface area contributed by atoms with Crippen molar-refractivity contribution in [1.82, 2.24) is 15.4 Å². The van der Waals surface area contributed by atoms with Crippen molar-refractivity contribution < 1.29 is 9.72 Å². The number of nitrogens with one attached hydrogen (secondary N) is 2. The SMILES string of the molecule is Cc1cc(C)nc(NNC(=O)c2ccc([N+](=O)[O-])cc2Cl)n1. The number of aromatic nitrogens is 2. The van der Waals surface area contributed by atoms with E-state index in [1.807, 2.05) is 0 Å². The lowest BCUT2D eigenvalue weighted by Gasteiger charge is -2.09. The van der Waals surface area contributed by atoms with Crippen LogP contribution in [0.2, 0.25) is 5.02 Å². The Balaban J connectivity index is 2.11. The Morgan fingerprint density at radius 1 is 1.23 bits per heavy atom. The van der Waals surface area contributed by atoms with Crippen LogP contribution in [0.15, 0.2) is 24.3 Å². The maximum absolute atomic E-state index is 12.0. The van der Waals surface area contributed by atoms with Crippen LogP contribution in [-0.4, -0.2) is 20.8 Å². The number of non-ortho nitro benzene ring substituents is 1. The molecule has 0 aliphatic heterocycles. The molecule has 0 aliphatic carbocycles. The van der Waals surface area contributed by atoms with Crippen molar-refractivity contribution in [3.05, 3.63) is 56.4 Å². The predicted molar refractivity (Wildman–Crippen MR) is 80.7 cm³/mol. The van der Waals surface area contributed by atoms with E-state index in [2.05, 4.69) is 20.8 Å². The summed E-state index contributed by atoms with van der Waals surface area (Å²) in [4.78, 5) is 30.2. The molecule has 1 amide bonds. The van der Waals surface area contributed by atoms with E-state index < -0.39 is 10.8 Å². The summed E-state index contributed by atoms with van der Waals surface area (Å²) in [5, 5.41) is 10.6. The quantitative estimate of drug-likeness (QED) is 0.661. The van der Waals surface area contributed by atoms with Gasteiger partial charge in [-0.3, -0.25) is 25.8 Å². The molecule has 114 valence electrons. The van der Waals surface area contributed by atoms with Crippen molar-refractivity contribution in [1.29, 1.82) is 0 Å². The van der Waals surface area contributed by atoms with E-state index in [0.717, 1.165) is 17.5 Å². The van der Waals surface area contributed by atoms with Crippen LogP contribution in [0.25, 0.3) is 0 Å². The maximum atomic E-state index is 12.0. The van der Waals surface area contributed by atoms with Crippen molar-refractivity contribution >= 4 is 29.1 Å². The van der Waals surface area contributed by atoms with Crippen molar-refractivity contribution in [2.45, 2.75) is 13.8 Å². The first-order valence-corrected chi connectivity index (χ1v) is 6.57. The first-order valence-electron chi connectivity index (χ1n) is 6.19. The van der Waals surface area contributed by atoms with Crippen molar-refractivity contribution in [2.24, 2.45) is 0 Å². The summed E-state index contributed by atoms with van der Waals surface area (Å²) in [7, 11) is 0. The Hall–Kier alpha value is -2.74. The van der Waals surface area contributed by atoms with Crippen LogP contribution < -0.4 is 10.9 Å². The van der Waals surface area contributed by atoms with Gasteiger partial charge in [0.25, 0.3) is 11.6 Å². The highest BCUT2D eigenvalue weighted by Crippen LogP contribution is 2.22. The molecular weight excluding hydrogens is 310 g/mol. The molecule has 0 aliphatic rings. The fraction of sp³-hybridized carbons (Fsp3) is 0.154. The lowest BCUT2D eigenvalue weighted by Crippen LogP contribution is -2.30. The van der Waals surface area contributed by atoms with Gasteiger partial charge in [0.2, 0.25) is 5.95 Å². The summed E-state index contributed by atoms with van der Waals surface area (Å²) < 4.78 is 0. The summed E-state index contributed by atoms with van der Waals surface area (Å²) in [5.74, 6) is -0.313. The Morgan fingerprint density at radius 3 is 2.41 bits per heavy atom. The van der Waals surface area contributed by atoms with Crippen LogP contribution >= 0.6 is 11.6 Å². The van der Waals surface area contributed by atoms with Crippen LogP contribution in [0.5, 0.6) is 0 Å². The second-order valence-electron chi connectivity index (χ2n) is 4.47. The number of anilines is 1. The second kappa shape index (κ2) is 6.35. The van der Waals surface area contributed by atoms with E-state index >= 15 is 0 Å². The van der Waals surface area contributed by atoms with Gasteiger partial charge in [-0.2, -0.15) is 0 Å². The van der Waals surface area contributed by atoms with Gasteiger partial charge >= 0.3 is 0 Å². The summed E-state index contributed by atoms with van der Waals surface area (Å²) in [6, 6.07) is 5.39. The number of rotatable bonds is 4. The zero-order valence-electron chi connectivity index (χ0n) is 11.8. The number of nitro benzene ring substituents is 1. The third kappa shape index (κ3) is 3.67. The minimum Gasteiger partial charge on any atom is -0.267 e. The summed E-state index contributed by atoms with van der Waals surface area (Å²) in [6.45, 7) is 3.60.